The fraction of sp³-hybridized carbons (Fsp3) is 0.0769. The number of benzene rings is 1. The van der Waals surface area contributed by atoms with Crippen molar-refractivity contribution < 1.29 is 4.39 Å². The van der Waals surface area contributed by atoms with Crippen molar-refractivity contribution in [2.45, 2.75) is 10.1 Å². The summed E-state index contributed by atoms with van der Waals surface area (Å²) in [7, 11) is 1.90. The first-order valence-corrected chi connectivity index (χ1v) is 6.75. The van der Waals surface area contributed by atoms with Crippen molar-refractivity contribution in [1.29, 1.82) is 0 Å². The van der Waals surface area contributed by atoms with Gasteiger partial charge >= 0.3 is 0 Å². The molecule has 96 valence electrons. The summed E-state index contributed by atoms with van der Waals surface area (Å²) in [6.45, 7) is 0. The zero-order valence-corrected chi connectivity index (χ0v) is 11.5. The zero-order chi connectivity index (χ0) is 13.4. The number of aromatic nitrogens is 3. The number of fused-ring (bicyclic) bond motifs is 1. The maximum Gasteiger partial charge on any atom is 0.195 e. The van der Waals surface area contributed by atoms with Gasteiger partial charge in [0.1, 0.15) is 16.6 Å². The van der Waals surface area contributed by atoms with Crippen LogP contribution in [0.3, 0.4) is 0 Å². The highest BCUT2D eigenvalue weighted by atomic mass is 35.5. The van der Waals surface area contributed by atoms with Gasteiger partial charge in [-0.1, -0.05) is 11.6 Å². The van der Waals surface area contributed by atoms with Gasteiger partial charge in [-0.05, 0) is 42.1 Å². The number of aryl methyl sites for hydroxylation is 1. The Morgan fingerprint density at radius 1 is 1.16 bits per heavy atom. The molecule has 0 N–H and O–H groups in total. The summed E-state index contributed by atoms with van der Waals surface area (Å²) in [5.41, 5.74) is 0.782. The first-order chi connectivity index (χ1) is 9.13. The van der Waals surface area contributed by atoms with E-state index in [0.717, 1.165) is 15.9 Å². The van der Waals surface area contributed by atoms with Crippen molar-refractivity contribution in [2.75, 3.05) is 0 Å². The fourth-order valence-electron chi connectivity index (χ4n) is 1.74. The van der Waals surface area contributed by atoms with Crippen LogP contribution in [0.25, 0.3) is 11.0 Å². The van der Waals surface area contributed by atoms with Crippen LogP contribution in [0.1, 0.15) is 0 Å². The minimum atomic E-state index is -0.263. The molecule has 0 spiro atoms. The molecule has 2 heterocycles. The summed E-state index contributed by atoms with van der Waals surface area (Å²) in [4.78, 5) is 9.56. The Morgan fingerprint density at radius 2 is 1.89 bits per heavy atom. The van der Waals surface area contributed by atoms with E-state index in [9.17, 15) is 4.39 Å². The SMILES string of the molecule is Cn1ccc2c(Cl)nc(Sc3ccc(F)cc3)nc21. The molecule has 0 radical (unpaired) electrons. The molecule has 0 aliphatic carbocycles. The molecule has 0 unspecified atom stereocenters. The normalized spacial score (nSPS) is 11.1. The van der Waals surface area contributed by atoms with Crippen molar-refractivity contribution in [3.8, 4) is 0 Å². The Morgan fingerprint density at radius 3 is 2.63 bits per heavy atom. The summed E-state index contributed by atoms with van der Waals surface area (Å²) < 4.78 is 14.7. The quantitative estimate of drug-likeness (QED) is 0.530. The van der Waals surface area contributed by atoms with Crippen LogP contribution in [0, 0.1) is 5.82 Å². The van der Waals surface area contributed by atoms with Crippen molar-refractivity contribution in [3.63, 3.8) is 0 Å². The monoisotopic (exact) mass is 293 g/mol. The Labute approximate surface area is 118 Å². The van der Waals surface area contributed by atoms with Gasteiger partial charge in [-0.15, -0.1) is 0 Å². The second kappa shape index (κ2) is 4.83. The van der Waals surface area contributed by atoms with Crippen LogP contribution < -0.4 is 0 Å². The molecule has 19 heavy (non-hydrogen) atoms. The van der Waals surface area contributed by atoms with Crippen LogP contribution in [0.15, 0.2) is 46.6 Å². The fourth-order valence-corrected chi connectivity index (χ4v) is 2.76. The molecule has 1 aromatic carbocycles. The standard InChI is InChI=1S/C13H9ClFN3S/c1-18-7-6-10-11(14)16-13(17-12(10)18)19-9-4-2-8(15)3-5-9/h2-7H,1H3. The van der Waals surface area contributed by atoms with Gasteiger partial charge in [-0.3, -0.25) is 0 Å². The summed E-state index contributed by atoms with van der Waals surface area (Å²) in [5.74, 6) is -0.263. The third-order valence-corrected chi connectivity index (χ3v) is 3.84. The maximum absolute atomic E-state index is 12.8. The van der Waals surface area contributed by atoms with Crippen molar-refractivity contribution in [3.05, 3.63) is 47.5 Å². The van der Waals surface area contributed by atoms with E-state index in [-0.39, 0.29) is 5.82 Å². The summed E-state index contributed by atoms with van der Waals surface area (Å²) >= 11 is 7.48. The Balaban J connectivity index is 2.01. The Hall–Kier alpha value is -1.59. The lowest BCUT2D eigenvalue weighted by Crippen LogP contribution is -1.93. The zero-order valence-electron chi connectivity index (χ0n) is 9.97. The number of hydrogen-bond acceptors (Lipinski definition) is 3. The molecule has 0 aliphatic heterocycles. The predicted molar refractivity (Wildman–Crippen MR) is 74.0 cm³/mol. The molecule has 0 atom stereocenters. The smallest absolute Gasteiger partial charge is 0.195 e. The van der Waals surface area contributed by atoms with E-state index in [4.69, 9.17) is 11.6 Å². The van der Waals surface area contributed by atoms with E-state index >= 15 is 0 Å². The van der Waals surface area contributed by atoms with Crippen molar-refractivity contribution in [1.82, 2.24) is 14.5 Å². The number of hydrogen-bond donors (Lipinski definition) is 0. The van der Waals surface area contributed by atoms with Crippen LogP contribution in [-0.4, -0.2) is 14.5 Å². The maximum atomic E-state index is 12.8. The second-order valence-corrected chi connectivity index (χ2v) is 5.42. The summed E-state index contributed by atoms with van der Waals surface area (Å²) in [5, 5.41) is 1.80. The van der Waals surface area contributed by atoms with Gasteiger partial charge in [0.25, 0.3) is 0 Å². The summed E-state index contributed by atoms with van der Waals surface area (Å²) in [6, 6.07) is 8.07. The van der Waals surface area contributed by atoms with Gasteiger partial charge in [-0.2, -0.15) is 0 Å². The molecule has 0 aliphatic rings. The van der Waals surface area contributed by atoms with Crippen LogP contribution in [0.2, 0.25) is 5.15 Å². The number of halogens is 2. The molecule has 0 saturated heterocycles. The van der Waals surface area contributed by atoms with E-state index in [1.54, 1.807) is 12.1 Å². The lowest BCUT2D eigenvalue weighted by atomic mass is 10.4. The van der Waals surface area contributed by atoms with Gasteiger partial charge in [0, 0.05) is 18.1 Å². The van der Waals surface area contributed by atoms with Gasteiger partial charge in [-0.25, -0.2) is 14.4 Å². The lowest BCUT2D eigenvalue weighted by Gasteiger charge is -2.03. The minimum Gasteiger partial charge on any atom is -0.335 e. The minimum absolute atomic E-state index is 0.263. The van der Waals surface area contributed by atoms with E-state index in [0.29, 0.717) is 10.3 Å². The molecule has 0 fully saturated rings. The largest absolute Gasteiger partial charge is 0.335 e. The van der Waals surface area contributed by atoms with Crippen LogP contribution >= 0.6 is 23.4 Å². The Kier molecular flexibility index (Phi) is 3.16. The average Bonchev–Trinajstić information content (AvgIpc) is 2.75. The molecule has 6 heteroatoms. The lowest BCUT2D eigenvalue weighted by molar-refractivity contribution is 0.626. The van der Waals surface area contributed by atoms with Crippen LogP contribution in [0.4, 0.5) is 4.39 Å². The highest BCUT2D eigenvalue weighted by molar-refractivity contribution is 7.99. The van der Waals surface area contributed by atoms with Crippen LogP contribution in [0.5, 0.6) is 0 Å². The highest BCUT2D eigenvalue weighted by Gasteiger charge is 2.09. The van der Waals surface area contributed by atoms with E-state index < -0.39 is 0 Å². The molecular formula is C13H9ClFN3S. The van der Waals surface area contributed by atoms with Gasteiger partial charge in [0.2, 0.25) is 0 Å². The number of nitrogens with zero attached hydrogens (tertiary/aromatic N) is 3. The van der Waals surface area contributed by atoms with Crippen molar-refractivity contribution in [2.24, 2.45) is 7.05 Å². The molecule has 0 bridgehead atoms. The molecule has 0 amide bonds. The topological polar surface area (TPSA) is 30.7 Å². The van der Waals surface area contributed by atoms with Crippen LogP contribution in [-0.2, 0) is 7.05 Å². The molecule has 3 rings (SSSR count). The molecule has 0 saturated carbocycles. The highest BCUT2D eigenvalue weighted by Crippen LogP contribution is 2.29. The van der Waals surface area contributed by atoms with E-state index in [1.807, 2.05) is 23.9 Å². The third kappa shape index (κ3) is 2.43. The molecule has 3 aromatic rings. The molecule has 2 aromatic heterocycles. The van der Waals surface area contributed by atoms with Crippen molar-refractivity contribution >= 4 is 34.4 Å². The predicted octanol–water partition coefficient (Wildman–Crippen LogP) is 3.91. The molecule has 3 nitrogen and oxygen atoms in total. The average molecular weight is 294 g/mol. The number of rotatable bonds is 2. The van der Waals surface area contributed by atoms with Gasteiger partial charge in [0.15, 0.2) is 5.16 Å². The molecular weight excluding hydrogens is 285 g/mol. The van der Waals surface area contributed by atoms with E-state index in [1.165, 1.54) is 23.9 Å². The van der Waals surface area contributed by atoms with E-state index in [2.05, 4.69) is 9.97 Å². The first-order valence-electron chi connectivity index (χ1n) is 5.55. The second-order valence-electron chi connectivity index (χ2n) is 4.02. The third-order valence-electron chi connectivity index (χ3n) is 2.68. The first kappa shape index (κ1) is 12.4. The van der Waals surface area contributed by atoms with Gasteiger partial charge < -0.3 is 4.57 Å². The Bertz CT molecular complexity index is 739. The van der Waals surface area contributed by atoms with Gasteiger partial charge in [0.05, 0.1) is 5.39 Å². The summed E-state index contributed by atoms with van der Waals surface area (Å²) in [6.07, 6.45) is 1.89.